The highest BCUT2D eigenvalue weighted by Crippen LogP contribution is 2.16. The molecule has 90 valence electrons. The van der Waals surface area contributed by atoms with Gasteiger partial charge in [0, 0.05) is 0 Å². The normalized spacial score (nSPS) is 14.7. The Kier molecular flexibility index (Phi) is 8.91. The number of aliphatic hydroxyl groups is 1. The second-order valence-electron chi connectivity index (χ2n) is 3.32. The zero-order valence-corrected chi connectivity index (χ0v) is 10.7. The van der Waals surface area contributed by atoms with Crippen LogP contribution in [0.4, 0.5) is 0 Å². The Hall–Kier alpha value is -0.220. The molecule has 0 bridgehead atoms. The van der Waals surface area contributed by atoms with Gasteiger partial charge >= 0.3 is 5.97 Å². The van der Waals surface area contributed by atoms with Gasteiger partial charge in [0.2, 0.25) is 0 Å². The van der Waals surface area contributed by atoms with E-state index >= 15 is 0 Å². The highest BCUT2D eigenvalue weighted by molar-refractivity contribution is 7.99. The van der Waals surface area contributed by atoms with Gasteiger partial charge in [0.15, 0.2) is 0 Å². The Balaban J connectivity index is 3.97. The van der Waals surface area contributed by atoms with Crippen molar-refractivity contribution in [1.82, 2.24) is 0 Å². The molecule has 0 radical (unpaired) electrons. The number of rotatable bonds is 8. The topological polar surface area (TPSA) is 46.5 Å². The molecule has 0 rings (SSSR count). The first kappa shape index (κ1) is 14.8. The van der Waals surface area contributed by atoms with Crippen LogP contribution in [0.5, 0.6) is 0 Å². The fourth-order valence-electron chi connectivity index (χ4n) is 1.39. The first-order valence-electron chi connectivity index (χ1n) is 5.59. The number of carbonyl (C=O) groups is 1. The Labute approximate surface area is 96.6 Å². The maximum atomic E-state index is 11.5. The summed E-state index contributed by atoms with van der Waals surface area (Å²) in [5.41, 5.74) is 0. The smallest absolute Gasteiger partial charge is 0.311 e. The number of hydrogen-bond acceptors (Lipinski definition) is 4. The van der Waals surface area contributed by atoms with Crippen LogP contribution in [0.3, 0.4) is 0 Å². The average Bonchev–Trinajstić information content (AvgIpc) is 2.19. The molecular weight excluding hydrogens is 212 g/mol. The second-order valence-corrected chi connectivity index (χ2v) is 4.71. The summed E-state index contributed by atoms with van der Waals surface area (Å²) < 4.78 is 4.92. The maximum Gasteiger partial charge on any atom is 0.311 e. The summed E-state index contributed by atoms with van der Waals surface area (Å²) in [4.78, 5) is 11.5. The van der Waals surface area contributed by atoms with Gasteiger partial charge in [-0.1, -0.05) is 13.8 Å². The largest absolute Gasteiger partial charge is 0.466 e. The molecule has 0 spiro atoms. The quantitative estimate of drug-likeness (QED) is 0.516. The van der Waals surface area contributed by atoms with Crippen molar-refractivity contribution >= 4 is 17.7 Å². The van der Waals surface area contributed by atoms with Crippen LogP contribution in [-0.4, -0.2) is 35.3 Å². The molecule has 0 heterocycles. The molecule has 3 nitrogen and oxygen atoms in total. The number of ether oxygens (including phenoxy) is 1. The van der Waals surface area contributed by atoms with Gasteiger partial charge in [0.1, 0.15) is 0 Å². The van der Waals surface area contributed by atoms with E-state index in [0.717, 1.165) is 11.5 Å². The maximum absolute atomic E-state index is 11.5. The van der Waals surface area contributed by atoms with Crippen molar-refractivity contribution in [2.24, 2.45) is 5.92 Å². The predicted octanol–water partition coefficient (Wildman–Crippen LogP) is 2.08. The zero-order chi connectivity index (χ0) is 11.7. The van der Waals surface area contributed by atoms with E-state index in [-0.39, 0.29) is 11.9 Å². The second kappa shape index (κ2) is 9.04. The van der Waals surface area contributed by atoms with Crippen LogP contribution in [0.25, 0.3) is 0 Å². The van der Waals surface area contributed by atoms with Gasteiger partial charge in [-0.2, -0.15) is 11.8 Å². The monoisotopic (exact) mass is 234 g/mol. The lowest BCUT2D eigenvalue weighted by atomic mass is 9.98. The number of aliphatic hydroxyl groups excluding tert-OH is 1. The van der Waals surface area contributed by atoms with Crippen molar-refractivity contribution in [1.29, 1.82) is 0 Å². The number of hydrogen-bond donors (Lipinski definition) is 1. The van der Waals surface area contributed by atoms with E-state index in [1.54, 1.807) is 18.7 Å². The lowest BCUT2D eigenvalue weighted by molar-refractivity contribution is -0.152. The molecule has 0 aliphatic heterocycles. The van der Waals surface area contributed by atoms with Crippen LogP contribution in [0.2, 0.25) is 0 Å². The number of carbonyl (C=O) groups excluding carboxylic acids is 1. The highest BCUT2D eigenvalue weighted by Gasteiger charge is 2.25. The first-order valence-corrected chi connectivity index (χ1v) is 6.75. The molecule has 15 heavy (non-hydrogen) atoms. The Morgan fingerprint density at radius 2 is 2.07 bits per heavy atom. The zero-order valence-electron chi connectivity index (χ0n) is 9.86. The van der Waals surface area contributed by atoms with E-state index in [2.05, 4.69) is 6.92 Å². The molecule has 2 unspecified atom stereocenters. The van der Waals surface area contributed by atoms with E-state index in [0.29, 0.717) is 19.4 Å². The third-order valence-corrected chi connectivity index (χ3v) is 3.19. The third-order valence-electron chi connectivity index (χ3n) is 2.26. The van der Waals surface area contributed by atoms with Gasteiger partial charge in [-0.25, -0.2) is 0 Å². The molecular formula is C11H22O3S. The van der Waals surface area contributed by atoms with Crippen molar-refractivity contribution in [2.45, 2.75) is 39.7 Å². The molecule has 2 atom stereocenters. The van der Waals surface area contributed by atoms with Crippen LogP contribution >= 0.6 is 11.8 Å². The summed E-state index contributed by atoms with van der Waals surface area (Å²) in [6, 6.07) is 0. The predicted molar refractivity (Wildman–Crippen MR) is 64.0 cm³/mol. The SMILES string of the molecule is CCOC(=O)C(CC)C(O)CCSCC. The number of thioether (sulfide) groups is 1. The van der Waals surface area contributed by atoms with Gasteiger partial charge in [-0.15, -0.1) is 0 Å². The van der Waals surface area contributed by atoms with Gasteiger partial charge in [0.25, 0.3) is 0 Å². The summed E-state index contributed by atoms with van der Waals surface area (Å²) in [6.07, 6.45) is 0.736. The van der Waals surface area contributed by atoms with Crippen molar-refractivity contribution in [3.05, 3.63) is 0 Å². The van der Waals surface area contributed by atoms with Crippen molar-refractivity contribution in [3.8, 4) is 0 Å². The Morgan fingerprint density at radius 3 is 2.53 bits per heavy atom. The molecule has 0 saturated carbocycles. The molecule has 1 N–H and O–H groups in total. The minimum absolute atomic E-state index is 0.269. The van der Waals surface area contributed by atoms with E-state index in [1.165, 1.54) is 0 Å². The lowest BCUT2D eigenvalue weighted by Gasteiger charge is -2.19. The molecule has 0 aromatic rings. The molecule has 0 fully saturated rings. The van der Waals surface area contributed by atoms with E-state index in [4.69, 9.17) is 4.74 Å². The molecule has 0 aromatic carbocycles. The summed E-state index contributed by atoms with van der Waals surface area (Å²) in [5, 5.41) is 9.82. The molecule has 0 aromatic heterocycles. The Bertz CT molecular complexity index is 173. The van der Waals surface area contributed by atoms with Crippen LogP contribution in [0, 0.1) is 5.92 Å². The third kappa shape index (κ3) is 6.05. The summed E-state index contributed by atoms with van der Waals surface area (Å²) >= 11 is 1.78. The van der Waals surface area contributed by atoms with Crippen molar-refractivity contribution in [3.63, 3.8) is 0 Å². The summed E-state index contributed by atoms with van der Waals surface area (Å²) in [6.45, 7) is 6.15. The Morgan fingerprint density at radius 1 is 1.40 bits per heavy atom. The van der Waals surface area contributed by atoms with Gasteiger partial charge < -0.3 is 9.84 Å². The first-order chi connectivity index (χ1) is 7.17. The molecule has 4 heteroatoms. The van der Waals surface area contributed by atoms with Crippen molar-refractivity contribution in [2.75, 3.05) is 18.1 Å². The fourth-order valence-corrected chi connectivity index (χ4v) is 2.09. The summed E-state index contributed by atoms with van der Waals surface area (Å²) in [7, 11) is 0. The lowest BCUT2D eigenvalue weighted by Crippen LogP contribution is -2.30. The number of esters is 1. The van der Waals surface area contributed by atoms with Crippen LogP contribution < -0.4 is 0 Å². The van der Waals surface area contributed by atoms with Gasteiger partial charge in [-0.05, 0) is 31.3 Å². The van der Waals surface area contributed by atoms with E-state index in [1.807, 2.05) is 6.92 Å². The minimum Gasteiger partial charge on any atom is -0.466 e. The molecule has 0 aliphatic rings. The highest BCUT2D eigenvalue weighted by atomic mass is 32.2. The molecule has 0 saturated heterocycles. The van der Waals surface area contributed by atoms with Crippen LogP contribution in [0.1, 0.15) is 33.6 Å². The van der Waals surface area contributed by atoms with Crippen molar-refractivity contribution < 1.29 is 14.6 Å². The van der Waals surface area contributed by atoms with Crippen LogP contribution in [0.15, 0.2) is 0 Å². The van der Waals surface area contributed by atoms with E-state index < -0.39 is 6.10 Å². The average molecular weight is 234 g/mol. The van der Waals surface area contributed by atoms with E-state index in [9.17, 15) is 9.90 Å². The standard InChI is InChI=1S/C11H22O3S/c1-4-9(11(13)14-5-2)10(12)7-8-15-6-3/h9-10,12H,4-8H2,1-3H3. The fraction of sp³-hybridized carbons (Fsp3) is 0.909. The summed E-state index contributed by atoms with van der Waals surface area (Å²) in [5.74, 6) is 1.31. The molecule has 0 aliphatic carbocycles. The minimum atomic E-state index is -0.562. The van der Waals surface area contributed by atoms with Crippen LogP contribution in [-0.2, 0) is 9.53 Å². The van der Waals surface area contributed by atoms with Gasteiger partial charge in [-0.3, -0.25) is 4.79 Å². The van der Waals surface area contributed by atoms with Gasteiger partial charge in [0.05, 0.1) is 18.6 Å². The molecule has 0 amide bonds.